The molecule has 1 fully saturated rings. The van der Waals surface area contributed by atoms with E-state index in [2.05, 4.69) is 20.5 Å². The molecule has 6 heterocycles. The number of alkyl halides is 3. The van der Waals surface area contributed by atoms with Crippen molar-refractivity contribution < 1.29 is 36.2 Å². The van der Waals surface area contributed by atoms with Gasteiger partial charge < -0.3 is 15.2 Å². The van der Waals surface area contributed by atoms with E-state index in [1.54, 1.807) is 39.1 Å². The van der Waals surface area contributed by atoms with Crippen LogP contribution in [-0.2, 0) is 27.5 Å². The number of halogens is 3. The van der Waals surface area contributed by atoms with Crippen LogP contribution < -0.4 is 10.1 Å². The van der Waals surface area contributed by atoms with Crippen molar-refractivity contribution in [2.45, 2.75) is 63.8 Å². The molecule has 4 aromatic rings. The second-order valence-corrected chi connectivity index (χ2v) is 14.5. The van der Waals surface area contributed by atoms with Crippen LogP contribution in [0.25, 0.3) is 5.65 Å². The highest BCUT2D eigenvalue weighted by molar-refractivity contribution is 7.89. The number of carboxylic acids is 1. The predicted molar refractivity (Wildman–Crippen MR) is 158 cm³/mol. The molecule has 46 heavy (non-hydrogen) atoms. The number of ether oxygens (including phenoxy) is 1. The molecule has 0 aliphatic carbocycles. The zero-order valence-corrected chi connectivity index (χ0v) is 26.5. The third kappa shape index (κ3) is 5.17. The molecule has 0 amide bonds. The summed E-state index contributed by atoms with van der Waals surface area (Å²) in [5, 5.41) is 20.6. The number of hydrogen-bond acceptors (Lipinski definition) is 9. The van der Waals surface area contributed by atoms with Crippen LogP contribution in [0.5, 0.6) is 5.88 Å². The summed E-state index contributed by atoms with van der Waals surface area (Å²) >= 11 is 0. The molecule has 1 unspecified atom stereocenters. The lowest BCUT2D eigenvalue weighted by molar-refractivity contribution is -0.147. The normalized spacial score (nSPS) is 18.4. The molecule has 0 aromatic carbocycles. The van der Waals surface area contributed by atoms with Gasteiger partial charge in [0.1, 0.15) is 10.5 Å². The van der Waals surface area contributed by atoms with E-state index < -0.39 is 44.9 Å². The van der Waals surface area contributed by atoms with Gasteiger partial charge in [-0.05, 0) is 75.1 Å². The molecule has 1 atom stereocenters. The van der Waals surface area contributed by atoms with E-state index in [4.69, 9.17) is 9.72 Å². The van der Waals surface area contributed by atoms with Crippen LogP contribution in [0.4, 0.5) is 13.2 Å². The van der Waals surface area contributed by atoms with Crippen LogP contribution in [0.1, 0.15) is 59.2 Å². The van der Waals surface area contributed by atoms with Gasteiger partial charge in [-0.1, -0.05) is 6.07 Å². The summed E-state index contributed by atoms with van der Waals surface area (Å²) in [6, 6.07) is 6.33. The lowest BCUT2D eigenvalue weighted by Crippen LogP contribution is -2.67. The van der Waals surface area contributed by atoms with Gasteiger partial charge in [-0.2, -0.15) is 17.5 Å². The topological polar surface area (TPSA) is 152 Å². The van der Waals surface area contributed by atoms with Crippen LogP contribution >= 0.6 is 0 Å². The maximum absolute atomic E-state index is 14.0. The number of carbonyl (C=O) groups is 1. The standard InChI is InChI=1S/C30H32F3N7O5S/c1-16-10-22-25(35-11-16)45-29(13-34-14-29)15-39(46(22,43)44)12-21-17(2)6-7-20(36-21)23(28(4,5)27(41)42)19-8-9-40-24(18(19)3)37-38-26(40)30(31,32)33/h6-11,23,34H,12-15H2,1-5H3,(H,41,42). The molecule has 2 aliphatic rings. The number of sulfonamides is 1. The van der Waals surface area contributed by atoms with Crippen molar-refractivity contribution in [1.29, 1.82) is 0 Å². The lowest BCUT2D eigenvalue weighted by atomic mass is 9.72. The summed E-state index contributed by atoms with van der Waals surface area (Å²) in [5.41, 5.74) is 0.304. The summed E-state index contributed by atoms with van der Waals surface area (Å²) in [6.07, 6.45) is -2.03. The fourth-order valence-corrected chi connectivity index (χ4v) is 7.65. The molecule has 2 aliphatic heterocycles. The first-order valence-electron chi connectivity index (χ1n) is 14.4. The second-order valence-electron chi connectivity index (χ2n) is 12.5. The van der Waals surface area contributed by atoms with Crippen LogP contribution in [0, 0.1) is 26.2 Å². The Bertz CT molecular complexity index is 1990. The minimum atomic E-state index is -4.75. The SMILES string of the molecule is Cc1cnc2c(c1)S(=O)(=O)N(Cc1nc(C(c3ccn4c(C(F)(F)F)nnc4c3C)C(C)(C)C(=O)O)ccc1C)CC1(CNC1)O2. The van der Waals surface area contributed by atoms with Crippen LogP contribution in [0.2, 0.25) is 0 Å². The zero-order valence-electron chi connectivity index (χ0n) is 25.7. The summed E-state index contributed by atoms with van der Waals surface area (Å²) in [4.78, 5) is 21.7. The van der Waals surface area contributed by atoms with E-state index in [1.807, 2.05) is 0 Å². The largest absolute Gasteiger partial charge is 0.481 e. The zero-order chi connectivity index (χ0) is 33.4. The average molecular weight is 660 g/mol. The summed E-state index contributed by atoms with van der Waals surface area (Å²) < 4.78 is 77.1. The third-order valence-electron chi connectivity index (χ3n) is 8.79. The van der Waals surface area contributed by atoms with E-state index in [-0.39, 0.29) is 29.5 Å². The van der Waals surface area contributed by atoms with Gasteiger partial charge in [0, 0.05) is 37.1 Å². The van der Waals surface area contributed by atoms with Crippen molar-refractivity contribution in [3.05, 3.63) is 76.1 Å². The monoisotopic (exact) mass is 659 g/mol. The van der Waals surface area contributed by atoms with Gasteiger partial charge >= 0.3 is 12.1 Å². The van der Waals surface area contributed by atoms with Crippen molar-refractivity contribution in [2.24, 2.45) is 5.41 Å². The van der Waals surface area contributed by atoms with E-state index in [9.17, 15) is 31.5 Å². The highest BCUT2D eigenvalue weighted by atomic mass is 32.2. The number of aliphatic carboxylic acids is 1. The summed E-state index contributed by atoms with van der Waals surface area (Å²) in [7, 11) is -4.10. The van der Waals surface area contributed by atoms with E-state index in [0.717, 1.165) is 4.40 Å². The minimum absolute atomic E-state index is 0.0251. The Balaban J connectivity index is 1.46. The Hall–Kier alpha value is -4.15. The molecule has 244 valence electrons. The van der Waals surface area contributed by atoms with Gasteiger partial charge in [0.05, 0.1) is 24.2 Å². The van der Waals surface area contributed by atoms with Crippen LogP contribution in [0.3, 0.4) is 0 Å². The fraction of sp³-hybridized carbons (Fsp3) is 0.433. The Morgan fingerprint density at radius 3 is 2.50 bits per heavy atom. The third-order valence-corrected chi connectivity index (χ3v) is 10.6. The van der Waals surface area contributed by atoms with Gasteiger partial charge in [0.15, 0.2) is 5.65 Å². The Kier molecular flexibility index (Phi) is 7.40. The molecular formula is C30H32F3N7O5S. The van der Waals surface area contributed by atoms with E-state index in [0.29, 0.717) is 46.7 Å². The summed E-state index contributed by atoms with van der Waals surface area (Å²) in [6.45, 7) is 8.79. The number of aromatic nitrogens is 5. The smallest absolute Gasteiger partial charge is 0.452 e. The molecular weight excluding hydrogens is 627 g/mol. The first-order chi connectivity index (χ1) is 21.4. The molecule has 0 saturated carbocycles. The van der Waals surface area contributed by atoms with Crippen molar-refractivity contribution in [3.8, 4) is 5.88 Å². The molecule has 1 saturated heterocycles. The number of fused-ring (bicyclic) bond motifs is 2. The van der Waals surface area contributed by atoms with Crippen LogP contribution in [-0.4, -0.2) is 73.6 Å². The van der Waals surface area contributed by atoms with E-state index in [1.165, 1.54) is 36.5 Å². The number of hydrogen-bond donors (Lipinski definition) is 2. The Labute approximate surface area is 262 Å². The number of carboxylic acid groups (broad SMARTS) is 1. The number of pyridine rings is 3. The maximum atomic E-state index is 14.0. The first-order valence-corrected chi connectivity index (χ1v) is 15.9. The van der Waals surface area contributed by atoms with Crippen molar-refractivity contribution in [3.63, 3.8) is 0 Å². The second kappa shape index (κ2) is 10.7. The Morgan fingerprint density at radius 2 is 1.87 bits per heavy atom. The quantitative estimate of drug-likeness (QED) is 0.314. The van der Waals surface area contributed by atoms with Gasteiger partial charge in [0.2, 0.25) is 21.7 Å². The lowest BCUT2D eigenvalue weighted by Gasteiger charge is -2.42. The van der Waals surface area contributed by atoms with Gasteiger partial charge in [-0.15, -0.1) is 10.2 Å². The molecule has 6 rings (SSSR count). The fourth-order valence-electron chi connectivity index (χ4n) is 6.02. The summed E-state index contributed by atoms with van der Waals surface area (Å²) in [5.74, 6) is -3.29. The number of rotatable bonds is 6. The van der Waals surface area contributed by atoms with Crippen molar-refractivity contribution in [1.82, 2.24) is 34.2 Å². The van der Waals surface area contributed by atoms with Gasteiger partial charge in [-0.25, -0.2) is 13.4 Å². The number of aryl methyl sites for hydroxylation is 3. The maximum Gasteiger partial charge on any atom is 0.452 e. The van der Waals surface area contributed by atoms with Crippen molar-refractivity contribution in [2.75, 3.05) is 19.6 Å². The number of nitrogens with zero attached hydrogens (tertiary/aromatic N) is 6. The highest BCUT2D eigenvalue weighted by Crippen LogP contribution is 2.43. The molecule has 4 aromatic heterocycles. The Morgan fingerprint density at radius 1 is 1.15 bits per heavy atom. The molecule has 0 bridgehead atoms. The first kappa shape index (κ1) is 31.8. The molecule has 12 nitrogen and oxygen atoms in total. The average Bonchev–Trinajstić information content (AvgIpc) is 3.37. The molecule has 16 heteroatoms. The molecule has 0 radical (unpaired) electrons. The number of nitrogens with one attached hydrogen (secondary N) is 1. The minimum Gasteiger partial charge on any atom is -0.481 e. The van der Waals surface area contributed by atoms with E-state index >= 15 is 0 Å². The van der Waals surface area contributed by atoms with Crippen LogP contribution in [0.15, 0.2) is 41.6 Å². The highest BCUT2D eigenvalue weighted by Gasteiger charge is 2.49. The van der Waals surface area contributed by atoms with Gasteiger partial charge in [-0.3, -0.25) is 14.2 Å². The van der Waals surface area contributed by atoms with Gasteiger partial charge in [0.25, 0.3) is 0 Å². The molecule has 2 N–H and O–H groups in total. The predicted octanol–water partition coefficient (Wildman–Crippen LogP) is 3.63. The van der Waals surface area contributed by atoms with Crippen molar-refractivity contribution >= 4 is 21.6 Å². The molecule has 1 spiro atoms.